The molecule has 0 radical (unpaired) electrons. The van der Waals surface area contributed by atoms with Gasteiger partial charge in [-0.05, 0) is 0 Å². The second-order valence-corrected chi connectivity index (χ2v) is 8.41. The van der Waals surface area contributed by atoms with Crippen LogP contribution in [-0.2, 0) is 13.8 Å². The van der Waals surface area contributed by atoms with E-state index in [-0.39, 0.29) is 24.2 Å². The fourth-order valence-electron chi connectivity index (χ4n) is 2.39. The Morgan fingerprint density at radius 3 is 2.88 bits per heavy atom. The molecule has 2 aromatic rings. The molecule has 3 atom stereocenters. The standard InChI is InChI=1S/C11H19BN5O5PS/c1-5-2-20-23(12,19)21-3-6(18)10(22-5)17-9-7(16-11(17)24)8(13)14-4-15-9/h4-6,10,18-19,23H,2-3,12H2,1H3,(H,16,24)(H2,13,14,15)/t5-,6-,10+/m0/s1. The fraction of sp³-hybridized carbons (Fsp3) is 0.545. The Bertz CT molecular complexity index is 749. The van der Waals surface area contributed by atoms with E-state index in [1.807, 2.05) is 0 Å². The first-order valence-corrected chi connectivity index (χ1v) is 10.0. The predicted octanol–water partition coefficient (Wildman–Crippen LogP) is -0.956. The zero-order chi connectivity index (χ0) is 17.5. The summed E-state index contributed by atoms with van der Waals surface area (Å²) < 4.78 is 18.1. The van der Waals surface area contributed by atoms with E-state index in [1.54, 1.807) is 6.92 Å². The van der Waals surface area contributed by atoms with Crippen LogP contribution in [0.25, 0.3) is 11.2 Å². The van der Waals surface area contributed by atoms with Crippen LogP contribution in [0.3, 0.4) is 0 Å². The number of fused-ring (bicyclic) bond motifs is 1. The van der Waals surface area contributed by atoms with Gasteiger partial charge in [0.1, 0.15) is 0 Å². The second kappa shape index (κ2) is 6.72. The summed E-state index contributed by atoms with van der Waals surface area (Å²) in [6, 6.07) is 0. The van der Waals surface area contributed by atoms with Gasteiger partial charge in [-0.2, -0.15) is 0 Å². The molecule has 0 spiro atoms. The molecule has 2 aromatic heterocycles. The Morgan fingerprint density at radius 2 is 2.12 bits per heavy atom. The summed E-state index contributed by atoms with van der Waals surface area (Å²) >= 11 is 4.33. The Hall–Kier alpha value is -1.01. The van der Waals surface area contributed by atoms with Crippen LogP contribution in [0.1, 0.15) is 13.2 Å². The first kappa shape index (κ1) is 17.8. The molecule has 0 bridgehead atoms. The van der Waals surface area contributed by atoms with Crippen LogP contribution in [0, 0.1) is 0 Å². The first-order chi connectivity index (χ1) is 11.3. The predicted molar refractivity (Wildman–Crippen MR) is 93.6 cm³/mol. The number of imidazole rings is 1. The average molecular weight is 375 g/mol. The van der Waals surface area contributed by atoms with Crippen LogP contribution in [0.4, 0.5) is 5.82 Å². The van der Waals surface area contributed by atoms with Gasteiger partial charge in [0, 0.05) is 0 Å². The van der Waals surface area contributed by atoms with E-state index in [0.29, 0.717) is 11.2 Å². The summed E-state index contributed by atoms with van der Waals surface area (Å²) in [5.41, 5.74) is 6.56. The van der Waals surface area contributed by atoms with Crippen LogP contribution in [-0.4, -0.2) is 62.5 Å². The van der Waals surface area contributed by atoms with Gasteiger partial charge in [0.25, 0.3) is 0 Å². The summed E-state index contributed by atoms with van der Waals surface area (Å²) in [7, 11) is -1.83. The molecule has 3 rings (SSSR count). The Balaban J connectivity index is 2.03. The van der Waals surface area contributed by atoms with Crippen molar-refractivity contribution in [1.82, 2.24) is 19.5 Å². The molecule has 0 unspecified atom stereocenters. The number of hydrogen-bond donors (Lipinski definition) is 4. The van der Waals surface area contributed by atoms with E-state index in [9.17, 15) is 10.00 Å². The minimum atomic E-state index is -3.31. The molecule has 4 N–H and O–H groups in total. The third kappa shape index (κ3) is 3.50. The third-order valence-corrected chi connectivity index (χ3v) is 5.27. The molecule has 10 nitrogen and oxygen atoms in total. The molecule has 0 saturated carbocycles. The molecule has 3 heterocycles. The average Bonchev–Trinajstić information content (AvgIpc) is 2.87. The number of aromatic nitrogens is 4. The molecular weight excluding hydrogens is 356 g/mol. The first-order valence-electron chi connectivity index (χ1n) is 7.29. The van der Waals surface area contributed by atoms with Gasteiger partial charge in [0.2, 0.25) is 0 Å². The van der Waals surface area contributed by atoms with Gasteiger partial charge in [-0.3, -0.25) is 0 Å². The van der Waals surface area contributed by atoms with Crippen LogP contribution in [0.2, 0.25) is 0 Å². The van der Waals surface area contributed by atoms with Crippen molar-refractivity contribution in [3.05, 3.63) is 6.33 Å². The van der Waals surface area contributed by atoms with Gasteiger partial charge >= 0.3 is 144 Å². The van der Waals surface area contributed by atoms with Crippen LogP contribution < -0.4 is 5.73 Å². The Labute approximate surface area is 144 Å². The zero-order valence-electron chi connectivity index (χ0n) is 13.2. The number of hydrogen-bond acceptors (Lipinski definition) is 10. The SMILES string of the molecule is B[PH]1(O)OC[C@H](C)O[C@@H](n2c(S)nc3c(N)ncnc32)[C@@H](O)CO1. The summed E-state index contributed by atoms with van der Waals surface area (Å²) in [6.07, 6.45) is -1.12. The van der Waals surface area contributed by atoms with Gasteiger partial charge < -0.3 is 0 Å². The number of nitrogen functional groups attached to an aromatic ring is 1. The van der Waals surface area contributed by atoms with E-state index >= 15 is 0 Å². The fourth-order valence-corrected chi connectivity index (χ4v) is 3.80. The quantitative estimate of drug-likeness (QED) is 0.282. The maximum absolute atomic E-state index is 10.5. The summed E-state index contributed by atoms with van der Waals surface area (Å²) in [4.78, 5) is 22.4. The topological polar surface area (TPSA) is 138 Å². The number of nitrogens with zero attached hydrogens (tertiary/aromatic N) is 4. The molecular formula is C11H19BN5O5PS. The van der Waals surface area contributed by atoms with Crippen molar-refractivity contribution in [2.24, 2.45) is 0 Å². The molecule has 1 fully saturated rings. The van der Waals surface area contributed by atoms with E-state index in [4.69, 9.17) is 19.5 Å². The molecule has 24 heavy (non-hydrogen) atoms. The van der Waals surface area contributed by atoms with E-state index < -0.39 is 26.3 Å². The van der Waals surface area contributed by atoms with Crippen molar-refractivity contribution >= 4 is 45.0 Å². The summed E-state index contributed by atoms with van der Waals surface area (Å²) in [5, 5.41) is 10.8. The number of anilines is 1. The number of nitrogens with two attached hydrogens (primary N) is 1. The van der Waals surface area contributed by atoms with E-state index in [1.165, 1.54) is 18.5 Å². The van der Waals surface area contributed by atoms with Crippen molar-refractivity contribution in [3.8, 4) is 0 Å². The normalized spacial score (nSPS) is 29.6. The van der Waals surface area contributed by atoms with Crippen LogP contribution >= 0.6 is 20.5 Å². The van der Waals surface area contributed by atoms with Crippen molar-refractivity contribution in [3.63, 3.8) is 0 Å². The van der Waals surface area contributed by atoms with E-state index in [2.05, 4.69) is 27.6 Å². The van der Waals surface area contributed by atoms with Gasteiger partial charge in [0.15, 0.2) is 0 Å². The number of ether oxygens (including phenoxy) is 1. The second-order valence-electron chi connectivity index (χ2n) is 5.64. The van der Waals surface area contributed by atoms with Gasteiger partial charge in [-0.1, -0.05) is 0 Å². The van der Waals surface area contributed by atoms with Crippen molar-refractivity contribution in [1.29, 1.82) is 0 Å². The van der Waals surface area contributed by atoms with Crippen LogP contribution in [0.15, 0.2) is 11.5 Å². The van der Waals surface area contributed by atoms with Crippen molar-refractivity contribution in [2.75, 3.05) is 18.9 Å². The van der Waals surface area contributed by atoms with Crippen LogP contribution in [0.5, 0.6) is 0 Å². The Morgan fingerprint density at radius 1 is 1.42 bits per heavy atom. The molecule has 1 saturated heterocycles. The minimum absolute atomic E-state index is 0.119. The molecule has 1 aliphatic rings. The number of thiol groups is 1. The number of rotatable bonds is 1. The number of aliphatic hydroxyl groups excluding tert-OH is 1. The maximum atomic E-state index is 10.5. The molecule has 0 aromatic carbocycles. The monoisotopic (exact) mass is 375 g/mol. The van der Waals surface area contributed by atoms with Gasteiger partial charge in [-0.15, -0.1) is 0 Å². The summed E-state index contributed by atoms with van der Waals surface area (Å²) in [6.45, 7) is 1.70. The zero-order valence-corrected chi connectivity index (χ0v) is 15.1. The molecule has 13 heteroatoms. The molecule has 0 amide bonds. The molecule has 132 valence electrons. The Kier molecular flexibility index (Phi) is 4.98. The molecule has 1 aliphatic heterocycles. The third-order valence-electron chi connectivity index (χ3n) is 3.55. The molecule has 0 aliphatic carbocycles. The van der Waals surface area contributed by atoms with E-state index in [0.717, 1.165) is 0 Å². The van der Waals surface area contributed by atoms with Gasteiger partial charge in [-0.25, -0.2) is 0 Å². The number of aliphatic hydroxyl groups is 1. The summed E-state index contributed by atoms with van der Waals surface area (Å²) in [5.74, 6) is 0.203. The van der Waals surface area contributed by atoms with Crippen molar-refractivity contribution in [2.45, 2.75) is 30.5 Å². The van der Waals surface area contributed by atoms with Crippen molar-refractivity contribution < 1.29 is 23.8 Å². The van der Waals surface area contributed by atoms with Gasteiger partial charge in [0.05, 0.1) is 0 Å².